The summed E-state index contributed by atoms with van der Waals surface area (Å²) in [5, 5.41) is 6.02. The Morgan fingerprint density at radius 1 is 0.955 bits per heavy atom. The van der Waals surface area contributed by atoms with Crippen LogP contribution in [0.25, 0.3) is 0 Å². The molecular weight excluding hydrogens is 556 g/mol. The maximum Gasteiger partial charge on any atom is 0.249 e. The van der Waals surface area contributed by atoms with Crippen molar-refractivity contribution in [1.82, 2.24) is 25.0 Å². The van der Waals surface area contributed by atoms with Crippen molar-refractivity contribution in [3.63, 3.8) is 0 Å². The van der Waals surface area contributed by atoms with Crippen molar-refractivity contribution in [2.45, 2.75) is 118 Å². The fraction of sp³-hybridized carbons (Fsp3) is 0.676. The van der Waals surface area contributed by atoms with Crippen molar-refractivity contribution in [2.75, 3.05) is 25.5 Å². The van der Waals surface area contributed by atoms with Gasteiger partial charge < -0.3 is 20.4 Å². The predicted octanol–water partition coefficient (Wildman–Crippen LogP) is 4.23. The Morgan fingerprint density at radius 3 is 2.18 bits per heavy atom. The molecular formula is C34H54N6O4. The number of rotatable bonds is 10. The second kappa shape index (κ2) is 15.1. The summed E-state index contributed by atoms with van der Waals surface area (Å²) in [6.07, 6.45) is 9.22. The van der Waals surface area contributed by atoms with E-state index in [0.717, 1.165) is 32.2 Å². The van der Waals surface area contributed by atoms with E-state index in [1.165, 1.54) is 0 Å². The standard InChI is InChI=1S/C34H54N6O4/c1-22(2)28(21-24(5)32(43)40-20-12-14-27(40)30(41)36-25-15-17-35-18-16-25)38(9)33(44)29(34(6,7)8)37-31(42)26-13-10-11-19-39(26)23(3)4/h15-18,21-23,26-29H,10-14,19-20H2,1-9H3,(H,37,42)(H,35,36,41)/t26?,27-,28+,29+/m0/s1. The van der Waals surface area contributed by atoms with E-state index in [4.69, 9.17) is 0 Å². The highest BCUT2D eigenvalue weighted by atomic mass is 16.2. The molecule has 2 aliphatic heterocycles. The molecule has 3 rings (SSSR count). The van der Waals surface area contributed by atoms with E-state index in [1.54, 1.807) is 48.3 Å². The molecule has 244 valence electrons. The molecule has 10 nitrogen and oxygen atoms in total. The lowest BCUT2D eigenvalue weighted by atomic mass is 9.84. The minimum absolute atomic E-state index is 0.00200. The summed E-state index contributed by atoms with van der Waals surface area (Å²) >= 11 is 0. The Balaban J connectivity index is 1.77. The van der Waals surface area contributed by atoms with Crippen LogP contribution in [-0.4, -0.2) is 93.7 Å². The number of anilines is 1. The molecule has 0 spiro atoms. The van der Waals surface area contributed by atoms with Crippen LogP contribution >= 0.6 is 0 Å². The normalized spacial score (nSPS) is 21.2. The monoisotopic (exact) mass is 610 g/mol. The Bertz CT molecular complexity index is 1190. The molecule has 2 fully saturated rings. The summed E-state index contributed by atoms with van der Waals surface area (Å²) in [7, 11) is 1.74. The van der Waals surface area contributed by atoms with Crippen molar-refractivity contribution >= 4 is 29.3 Å². The van der Waals surface area contributed by atoms with E-state index < -0.39 is 17.5 Å². The van der Waals surface area contributed by atoms with Gasteiger partial charge in [-0.05, 0) is 76.5 Å². The fourth-order valence-corrected chi connectivity index (χ4v) is 6.34. The van der Waals surface area contributed by atoms with Gasteiger partial charge in [0.2, 0.25) is 23.6 Å². The number of nitrogens with zero attached hydrogens (tertiary/aromatic N) is 4. The Hall–Kier alpha value is -3.27. The molecule has 0 radical (unpaired) electrons. The number of carbonyl (C=O) groups excluding carboxylic acids is 4. The molecule has 0 aromatic carbocycles. The van der Waals surface area contributed by atoms with Crippen LogP contribution in [0.1, 0.15) is 87.5 Å². The van der Waals surface area contributed by atoms with Gasteiger partial charge in [0, 0.05) is 43.3 Å². The summed E-state index contributed by atoms with van der Waals surface area (Å²) in [4.78, 5) is 63.9. The number of carbonyl (C=O) groups is 4. The highest BCUT2D eigenvalue weighted by Crippen LogP contribution is 2.27. The summed E-state index contributed by atoms with van der Waals surface area (Å²) in [5.74, 6) is -0.727. The third kappa shape index (κ3) is 8.67. The zero-order valence-electron chi connectivity index (χ0n) is 28.2. The predicted molar refractivity (Wildman–Crippen MR) is 174 cm³/mol. The molecule has 44 heavy (non-hydrogen) atoms. The number of aromatic nitrogens is 1. The Morgan fingerprint density at radius 2 is 1.59 bits per heavy atom. The minimum atomic E-state index is -0.735. The summed E-state index contributed by atoms with van der Waals surface area (Å²) in [6, 6.07) is 1.73. The minimum Gasteiger partial charge on any atom is -0.342 e. The van der Waals surface area contributed by atoms with Crippen LogP contribution in [0.5, 0.6) is 0 Å². The molecule has 4 atom stereocenters. The number of nitrogens with one attached hydrogen (secondary N) is 2. The lowest BCUT2D eigenvalue weighted by Crippen LogP contribution is -2.60. The molecule has 2 aliphatic rings. The maximum atomic E-state index is 14.1. The van der Waals surface area contributed by atoms with Crippen LogP contribution in [0, 0.1) is 11.3 Å². The zero-order valence-corrected chi connectivity index (χ0v) is 28.2. The lowest BCUT2D eigenvalue weighted by molar-refractivity contribution is -0.142. The van der Waals surface area contributed by atoms with Crippen molar-refractivity contribution < 1.29 is 19.2 Å². The molecule has 1 unspecified atom stereocenters. The topological polar surface area (TPSA) is 115 Å². The van der Waals surface area contributed by atoms with Gasteiger partial charge in [-0.2, -0.15) is 0 Å². The average Bonchev–Trinajstić information content (AvgIpc) is 3.47. The number of piperidine rings is 1. The van der Waals surface area contributed by atoms with Crippen LogP contribution in [-0.2, 0) is 19.2 Å². The zero-order chi connectivity index (χ0) is 32.8. The first-order valence-corrected chi connectivity index (χ1v) is 16.2. The number of likely N-dealkylation sites (tertiary alicyclic amines) is 2. The van der Waals surface area contributed by atoms with Gasteiger partial charge in [0.15, 0.2) is 0 Å². The lowest BCUT2D eigenvalue weighted by Gasteiger charge is -2.41. The van der Waals surface area contributed by atoms with Gasteiger partial charge in [0.25, 0.3) is 0 Å². The molecule has 3 heterocycles. The molecule has 2 saturated heterocycles. The number of hydrogen-bond acceptors (Lipinski definition) is 6. The molecule has 0 saturated carbocycles. The number of pyridine rings is 1. The van der Waals surface area contributed by atoms with Gasteiger partial charge in [0.05, 0.1) is 12.1 Å². The third-order valence-corrected chi connectivity index (χ3v) is 8.91. The number of likely N-dealkylation sites (N-methyl/N-ethyl adjacent to an activating group) is 1. The van der Waals surface area contributed by atoms with Crippen LogP contribution in [0.3, 0.4) is 0 Å². The molecule has 0 aliphatic carbocycles. The van der Waals surface area contributed by atoms with E-state index in [2.05, 4.69) is 34.4 Å². The number of amides is 4. The fourth-order valence-electron chi connectivity index (χ4n) is 6.34. The van der Waals surface area contributed by atoms with Gasteiger partial charge in [-0.1, -0.05) is 47.1 Å². The van der Waals surface area contributed by atoms with Crippen molar-refractivity contribution in [1.29, 1.82) is 0 Å². The van der Waals surface area contributed by atoms with Crippen molar-refractivity contribution in [2.24, 2.45) is 11.3 Å². The van der Waals surface area contributed by atoms with E-state index in [9.17, 15) is 19.2 Å². The van der Waals surface area contributed by atoms with Gasteiger partial charge in [-0.25, -0.2) is 0 Å². The van der Waals surface area contributed by atoms with E-state index in [0.29, 0.717) is 24.2 Å². The second-order valence-corrected chi connectivity index (χ2v) is 14.1. The Labute approximate surface area is 264 Å². The quantitative estimate of drug-likeness (QED) is 0.383. The molecule has 1 aromatic rings. The smallest absolute Gasteiger partial charge is 0.249 e. The van der Waals surface area contributed by atoms with Crippen LogP contribution < -0.4 is 10.6 Å². The van der Waals surface area contributed by atoms with Gasteiger partial charge in [0.1, 0.15) is 12.1 Å². The van der Waals surface area contributed by atoms with Crippen LogP contribution in [0.2, 0.25) is 0 Å². The first-order valence-electron chi connectivity index (χ1n) is 16.2. The third-order valence-electron chi connectivity index (χ3n) is 8.91. The van der Waals surface area contributed by atoms with Gasteiger partial charge in [-0.3, -0.25) is 29.1 Å². The molecule has 0 bridgehead atoms. The van der Waals surface area contributed by atoms with E-state index in [-0.39, 0.29) is 47.7 Å². The summed E-state index contributed by atoms with van der Waals surface area (Å²) in [5.41, 5.74) is 0.592. The first kappa shape index (κ1) is 35.2. The molecule has 4 amide bonds. The van der Waals surface area contributed by atoms with E-state index in [1.807, 2.05) is 40.7 Å². The van der Waals surface area contributed by atoms with E-state index >= 15 is 0 Å². The Kier molecular flexibility index (Phi) is 12.1. The average molecular weight is 611 g/mol. The highest BCUT2D eigenvalue weighted by molar-refractivity contribution is 6.01. The molecule has 1 aromatic heterocycles. The second-order valence-electron chi connectivity index (χ2n) is 14.1. The SMILES string of the molecule is CC(=C[C@H](C(C)C)N(C)C(=O)[C@@H](NC(=O)C1CCCCN1C(C)C)C(C)(C)C)C(=O)N1CCC[C@H]1C(=O)Nc1ccncc1. The first-order chi connectivity index (χ1) is 20.6. The largest absolute Gasteiger partial charge is 0.342 e. The summed E-state index contributed by atoms with van der Waals surface area (Å²) < 4.78 is 0. The van der Waals surface area contributed by atoms with Gasteiger partial charge in [-0.15, -0.1) is 0 Å². The van der Waals surface area contributed by atoms with Crippen LogP contribution in [0.15, 0.2) is 36.2 Å². The molecule has 2 N–H and O–H groups in total. The number of hydrogen-bond donors (Lipinski definition) is 2. The highest BCUT2D eigenvalue weighted by Gasteiger charge is 2.40. The van der Waals surface area contributed by atoms with Crippen LogP contribution in [0.4, 0.5) is 5.69 Å². The van der Waals surface area contributed by atoms with Gasteiger partial charge >= 0.3 is 0 Å². The molecule has 10 heteroatoms. The summed E-state index contributed by atoms with van der Waals surface area (Å²) in [6.45, 7) is 17.2. The van der Waals surface area contributed by atoms with Crippen molar-refractivity contribution in [3.8, 4) is 0 Å². The van der Waals surface area contributed by atoms with Crippen molar-refractivity contribution in [3.05, 3.63) is 36.2 Å². The maximum absolute atomic E-state index is 14.1.